The van der Waals surface area contributed by atoms with Crippen LogP contribution >= 0.6 is 0 Å². The van der Waals surface area contributed by atoms with Crippen molar-refractivity contribution in [3.8, 4) is 5.75 Å². The first-order valence-corrected chi connectivity index (χ1v) is 13.6. The fraction of sp³-hybridized carbons (Fsp3) is 0.759. The molecule has 0 radical (unpaired) electrons. The summed E-state index contributed by atoms with van der Waals surface area (Å²) in [5.74, 6) is 2.43. The SMILES string of the molecule is CCCC(C)C1CCC(C2CCC(CCc3ccc(C(=O)CC)c(O)c3C(F)(F)F)CC2)CC1. The van der Waals surface area contributed by atoms with Crippen molar-refractivity contribution in [3.63, 3.8) is 0 Å². The number of rotatable bonds is 9. The van der Waals surface area contributed by atoms with Crippen LogP contribution in [0.2, 0.25) is 0 Å². The highest BCUT2D eigenvalue weighted by Gasteiger charge is 2.38. The molecule has 0 aromatic heterocycles. The summed E-state index contributed by atoms with van der Waals surface area (Å²) in [4.78, 5) is 11.9. The van der Waals surface area contributed by atoms with Crippen LogP contribution in [0.5, 0.6) is 5.75 Å². The molecule has 2 saturated carbocycles. The van der Waals surface area contributed by atoms with Crippen LogP contribution < -0.4 is 0 Å². The molecule has 0 saturated heterocycles. The molecule has 0 bridgehead atoms. The number of carbonyl (C=O) groups is 1. The number of Topliss-reactive ketones (excluding diaryl/α,β-unsaturated/α-hetero) is 1. The molecule has 192 valence electrons. The summed E-state index contributed by atoms with van der Waals surface area (Å²) in [7, 11) is 0. The second-order valence-electron chi connectivity index (χ2n) is 11.0. The molecule has 2 fully saturated rings. The minimum atomic E-state index is -4.67. The zero-order valence-corrected chi connectivity index (χ0v) is 21.2. The number of benzene rings is 1. The summed E-state index contributed by atoms with van der Waals surface area (Å²) >= 11 is 0. The molecule has 34 heavy (non-hydrogen) atoms. The van der Waals surface area contributed by atoms with Gasteiger partial charge in [-0.3, -0.25) is 4.79 Å². The largest absolute Gasteiger partial charge is 0.507 e. The highest BCUT2D eigenvalue weighted by atomic mass is 19.4. The molecule has 1 aromatic rings. The van der Waals surface area contributed by atoms with Gasteiger partial charge in [0.1, 0.15) is 11.3 Å². The highest BCUT2D eigenvalue weighted by molar-refractivity contribution is 5.99. The molecule has 2 nitrogen and oxygen atoms in total. The van der Waals surface area contributed by atoms with Crippen molar-refractivity contribution in [1.82, 2.24) is 0 Å². The van der Waals surface area contributed by atoms with Crippen LogP contribution in [0.1, 0.15) is 119 Å². The van der Waals surface area contributed by atoms with E-state index in [-0.39, 0.29) is 17.5 Å². The van der Waals surface area contributed by atoms with E-state index in [0.29, 0.717) is 18.8 Å². The molecule has 5 heteroatoms. The Labute approximate surface area is 203 Å². The maximum absolute atomic E-state index is 13.7. The predicted octanol–water partition coefficient (Wildman–Crippen LogP) is 8.99. The molecule has 0 amide bonds. The Kier molecular flexibility index (Phi) is 9.51. The fourth-order valence-electron chi connectivity index (χ4n) is 6.76. The standard InChI is InChI=1S/C29H43F3O2/c1-4-6-19(3)21-13-15-23(16-14-21)22-10-7-20(8-11-22)9-12-24-17-18-25(26(33)5-2)28(34)27(24)29(30,31)32/h17-23,34H,4-16H2,1-3H3. The van der Waals surface area contributed by atoms with Gasteiger partial charge in [-0.25, -0.2) is 0 Å². The Balaban J connectivity index is 1.53. The number of alkyl halides is 3. The molecule has 0 aliphatic heterocycles. The van der Waals surface area contributed by atoms with Crippen molar-refractivity contribution in [2.24, 2.45) is 29.6 Å². The third-order valence-corrected chi connectivity index (χ3v) is 8.91. The van der Waals surface area contributed by atoms with Crippen LogP contribution in [0.25, 0.3) is 0 Å². The van der Waals surface area contributed by atoms with E-state index in [1.54, 1.807) is 6.92 Å². The summed E-state index contributed by atoms with van der Waals surface area (Å²) < 4.78 is 41.2. The molecule has 3 rings (SSSR count). The molecule has 0 spiro atoms. The Hall–Kier alpha value is -1.52. The number of aromatic hydroxyl groups is 1. The number of ketones is 1. The zero-order chi connectivity index (χ0) is 24.9. The number of hydrogen-bond acceptors (Lipinski definition) is 2. The van der Waals surface area contributed by atoms with Gasteiger partial charge in [-0.1, -0.05) is 52.5 Å². The van der Waals surface area contributed by atoms with Gasteiger partial charge in [0, 0.05) is 6.42 Å². The highest BCUT2D eigenvalue weighted by Crippen LogP contribution is 2.45. The maximum Gasteiger partial charge on any atom is 0.420 e. The second kappa shape index (κ2) is 11.9. The second-order valence-corrected chi connectivity index (χ2v) is 11.0. The van der Waals surface area contributed by atoms with Crippen molar-refractivity contribution < 1.29 is 23.1 Å². The van der Waals surface area contributed by atoms with Crippen LogP contribution in [0.3, 0.4) is 0 Å². The summed E-state index contributed by atoms with van der Waals surface area (Å²) in [5.41, 5.74) is -1.13. The van der Waals surface area contributed by atoms with Crippen LogP contribution in [0.15, 0.2) is 12.1 Å². The number of halogens is 3. The first-order valence-electron chi connectivity index (χ1n) is 13.6. The van der Waals surface area contributed by atoms with E-state index < -0.39 is 23.3 Å². The summed E-state index contributed by atoms with van der Waals surface area (Å²) in [6, 6.07) is 2.76. The van der Waals surface area contributed by atoms with E-state index in [1.165, 1.54) is 63.5 Å². The van der Waals surface area contributed by atoms with Gasteiger partial charge >= 0.3 is 6.18 Å². The summed E-state index contributed by atoms with van der Waals surface area (Å²) in [6.45, 7) is 6.27. The van der Waals surface area contributed by atoms with Gasteiger partial charge in [-0.15, -0.1) is 0 Å². The van der Waals surface area contributed by atoms with Gasteiger partial charge in [-0.05, 0) is 92.6 Å². The van der Waals surface area contributed by atoms with Crippen LogP contribution in [0.4, 0.5) is 13.2 Å². The Morgan fingerprint density at radius 2 is 1.59 bits per heavy atom. The van der Waals surface area contributed by atoms with E-state index in [2.05, 4.69) is 13.8 Å². The topological polar surface area (TPSA) is 37.3 Å². The number of phenols is 1. The average Bonchev–Trinajstić information content (AvgIpc) is 2.82. The number of carbonyl (C=O) groups excluding carboxylic acids is 1. The smallest absolute Gasteiger partial charge is 0.420 e. The van der Waals surface area contributed by atoms with Gasteiger partial charge in [0.05, 0.1) is 5.56 Å². The van der Waals surface area contributed by atoms with Crippen molar-refractivity contribution in [2.45, 2.75) is 110 Å². The molecule has 1 N–H and O–H groups in total. The lowest BCUT2D eigenvalue weighted by Gasteiger charge is -2.39. The predicted molar refractivity (Wildman–Crippen MR) is 131 cm³/mol. The molecule has 1 atom stereocenters. The minimum absolute atomic E-state index is 0.0624. The number of phenolic OH excluding ortho intramolecular Hbond substituents is 1. The maximum atomic E-state index is 13.7. The first kappa shape index (κ1) is 27.1. The Morgan fingerprint density at radius 1 is 1.00 bits per heavy atom. The summed E-state index contributed by atoms with van der Waals surface area (Å²) in [6.07, 6.45) is 9.03. The molecule has 0 heterocycles. The fourth-order valence-corrected chi connectivity index (χ4v) is 6.76. The van der Waals surface area contributed by atoms with Gasteiger partial charge in [-0.2, -0.15) is 13.2 Å². The molecule has 2 aliphatic rings. The van der Waals surface area contributed by atoms with Crippen molar-refractivity contribution in [1.29, 1.82) is 0 Å². The van der Waals surface area contributed by atoms with Crippen LogP contribution in [0, 0.1) is 29.6 Å². The summed E-state index contributed by atoms with van der Waals surface area (Å²) in [5, 5.41) is 10.3. The number of aryl methyl sites for hydroxylation is 1. The zero-order valence-electron chi connectivity index (χ0n) is 21.2. The third-order valence-electron chi connectivity index (χ3n) is 8.91. The monoisotopic (exact) mass is 480 g/mol. The molecular weight excluding hydrogens is 437 g/mol. The Morgan fingerprint density at radius 3 is 2.12 bits per heavy atom. The lowest BCUT2D eigenvalue weighted by molar-refractivity contribution is -0.139. The molecule has 1 aromatic carbocycles. The van der Waals surface area contributed by atoms with E-state index in [4.69, 9.17) is 0 Å². The quantitative estimate of drug-likeness (QED) is 0.358. The minimum Gasteiger partial charge on any atom is -0.507 e. The van der Waals surface area contributed by atoms with Gasteiger partial charge < -0.3 is 5.11 Å². The van der Waals surface area contributed by atoms with E-state index in [9.17, 15) is 23.1 Å². The van der Waals surface area contributed by atoms with E-state index in [0.717, 1.165) is 36.5 Å². The van der Waals surface area contributed by atoms with Gasteiger partial charge in [0.2, 0.25) is 0 Å². The normalized spacial score (nSPS) is 26.9. The van der Waals surface area contributed by atoms with E-state index in [1.807, 2.05) is 0 Å². The van der Waals surface area contributed by atoms with E-state index >= 15 is 0 Å². The number of hydrogen-bond donors (Lipinski definition) is 1. The average molecular weight is 481 g/mol. The Bertz CT molecular complexity index is 800. The lowest BCUT2D eigenvalue weighted by Crippen LogP contribution is -2.27. The van der Waals surface area contributed by atoms with Crippen LogP contribution in [-0.2, 0) is 12.6 Å². The van der Waals surface area contributed by atoms with Crippen molar-refractivity contribution in [2.75, 3.05) is 0 Å². The van der Waals surface area contributed by atoms with Gasteiger partial charge in [0.25, 0.3) is 0 Å². The van der Waals surface area contributed by atoms with Crippen molar-refractivity contribution in [3.05, 3.63) is 28.8 Å². The van der Waals surface area contributed by atoms with Crippen molar-refractivity contribution >= 4 is 5.78 Å². The molecule has 1 unspecified atom stereocenters. The van der Waals surface area contributed by atoms with Crippen LogP contribution in [-0.4, -0.2) is 10.9 Å². The third kappa shape index (κ3) is 6.57. The first-order chi connectivity index (χ1) is 16.2. The lowest BCUT2D eigenvalue weighted by atomic mass is 9.67. The molecular formula is C29H43F3O2. The van der Waals surface area contributed by atoms with Gasteiger partial charge in [0.15, 0.2) is 5.78 Å². The molecule has 2 aliphatic carbocycles.